The number of nitrogens with two attached hydrogens (primary N) is 1. The number of H-pyrrole nitrogens is 1. The molecule has 0 aromatic carbocycles. The number of aromatic amines is 1. The molecule has 0 amide bonds. The van der Waals surface area contributed by atoms with Gasteiger partial charge in [0.05, 0.1) is 6.04 Å². The molecular formula is C7H10N2. The molecule has 1 atom stereocenters. The van der Waals surface area contributed by atoms with Crippen molar-refractivity contribution < 1.29 is 0 Å². The van der Waals surface area contributed by atoms with E-state index < -0.39 is 0 Å². The topological polar surface area (TPSA) is 41.8 Å². The van der Waals surface area contributed by atoms with Gasteiger partial charge in [0.2, 0.25) is 0 Å². The van der Waals surface area contributed by atoms with Crippen LogP contribution in [0.25, 0.3) is 0 Å². The van der Waals surface area contributed by atoms with Crippen LogP contribution in [0, 0.1) is 0 Å². The van der Waals surface area contributed by atoms with Crippen molar-refractivity contribution in [3.8, 4) is 0 Å². The molecule has 0 saturated heterocycles. The first-order valence-electron chi connectivity index (χ1n) is 2.86. The normalized spacial score (nSPS) is 13.0. The summed E-state index contributed by atoms with van der Waals surface area (Å²) in [7, 11) is 0. The SMILES string of the molecule is C=CC(N)c1ccc[nH]1. The zero-order chi connectivity index (χ0) is 6.69. The van der Waals surface area contributed by atoms with Crippen LogP contribution in [0.5, 0.6) is 0 Å². The highest BCUT2D eigenvalue weighted by Crippen LogP contribution is 2.05. The molecule has 3 N–H and O–H groups in total. The van der Waals surface area contributed by atoms with Gasteiger partial charge < -0.3 is 10.7 Å². The Balaban J connectivity index is 2.76. The summed E-state index contributed by atoms with van der Waals surface area (Å²) in [5.74, 6) is 0. The number of hydrogen-bond donors (Lipinski definition) is 2. The van der Waals surface area contributed by atoms with E-state index in [0.717, 1.165) is 5.69 Å². The third-order valence-corrected chi connectivity index (χ3v) is 1.24. The molecule has 0 saturated carbocycles. The van der Waals surface area contributed by atoms with Crippen molar-refractivity contribution >= 4 is 0 Å². The van der Waals surface area contributed by atoms with Gasteiger partial charge in [0.1, 0.15) is 0 Å². The first kappa shape index (κ1) is 6.11. The average Bonchev–Trinajstić information content (AvgIpc) is 2.37. The van der Waals surface area contributed by atoms with Gasteiger partial charge in [-0.3, -0.25) is 0 Å². The molecule has 0 aliphatic carbocycles. The molecule has 0 spiro atoms. The van der Waals surface area contributed by atoms with E-state index in [1.807, 2.05) is 18.3 Å². The Kier molecular flexibility index (Phi) is 1.70. The van der Waals surface area contributed by atoms with Gasteiger partial charge in [-0.15, -0.1) is 6.58 Å². The predicted octanol–water partition coefficient (Wildman–Crippen LogP) is 1.20. The highest BCUT2D eigenvalue weighted by Gasteiger charge is 1.97. The van der Waals surface area contributed by atoms with Crippen LogP contribution in [0.3, 0.4) is 0 Å². The molecule has 0 fully saturated rings. The van der Waals surface area contributed by atoms with Gasteiger partial charge in [-0.2, -0.15) is 0 Å². The minimum absolute atomic E-state index is 0.0556. The Morgan fingerprint density at radius 1 is 1.78 bits per heavy atom. The highest BCUT2D eigenvalue weighted by molar-refractivity contribution is 5.12. The Morgan fingerprint density at radius 3 is 3.00 bits per heavy atom. The van der Waals surface area contributed by atoms with Crippen LogP contribution in [0.2, 0.25) is 0 Å². The molecule has 0 aliphatic rings. The van der Waals surface area contributed by atoms with Crippen molar-refractivity contribution in [2.75, 3.05) is 0 Å². The summed E-state index contributed by atoms with van der Waals surface area (Å²) in [6.45, 7) is 3.57. The van der Waals surface area contributed by atoms with E-state index in [0.29, 0.717) is 0 Å². The zero-order valence-electron chi connectivity index (χ0n) is 5.17. The van der Waals surface area contributed by atoms with Gasteiger partial charge in [-0.25, -0.2) is 0 Å². The number of rotatable bonds is 2. The number of hydrogen-bond acceptors (Lipinski definition) is 1. The summed E-state index contributed by atoms with van der Waals surface area (Å²) in [5.41, 5.74) is 6.59. The Hall–Kier alpha value is -1.02. The van der Waals surface area contributed by atoms with Crippen molar-refractivity contribution in [3.63, 3.8) is 0 Å². The summed E-state index contributed by atoms with van der Waals surface area (Å²) in [6.07, 6.45) is 3.55. The Labute approximate surface area is 54.4 Å². The fraction of sp³-hybridized carbons (Fsp3) is 0.143. The molecule has 2 heteroatoms. The third kappa shape index (κ3) is 1.21. The lowest BCUT2D eigenvalue weighted by atomic mass is 10.2. The van der Waals surface area contributed by atoms with Gasteiger partial charge in [0.25, 0.3) is 0 Å². The molecule has 0 aliphatic heterocycles. The van der Waals surface area contributed by atoms with Gasteiger partial charge in [-0.05, 0) is 12.1 Å². The molecule has 1 aromatic rings. The van der Waals surface area contributed by atoms with Crippen LogP contribution in [-0.4, -0.2) is 4.98 Å². The van der Waals surface area contributed by atoms with Crippen molar-refractivity contribution in [2.45, 2.75) is 6.04 Å². The summed E-state index contributed by atoms with van der Waals surface area (Å²) < 4.78 is 0. The molecule has 0 bridgehead atoms. The summed E-state index contributed by atoms with van der Waals surface area (Å²) in [4.78, 5) is 2.99. The van der Waals surface area contributed by atoms with Crippen molar-refractivity contribution in [3.05, 3.63) is 36.7 Å². The lowest BCUT2D eigenvalue weighted by Gasteiger charge is -1.99. The zero-order valence-corrected chi connectivity index (χ0v) is 5.17. The molecular weight excluding hydrogens is 112 g/mol. The van der Waals surface area contributed by atoms with Crippen LogP contribution >= 0.6 is 0 Å². The predicted molar refractivity (Wildman–Crippen MR) is 37.9 cm³/mol. The molecule has 2 nitrogen and oxygen atoms in total. The number of nitrogens with one attached hydrogen (secondary N) is 1. The average molecular weight is 122 g/mol. The lowest BCUT2D eigenvalue weighted by molar-refractivity contribution is 0.876. The van der Waals surface area contributed by atoms with E-state index >= 15 is 0 Å². The first-order valence-corrected chi connectivity index (χ1v) is 2.86. The maximum atomic E-state index is 5.59. The molecule has 9 heavy (non-hydrogen) atoms. The minimum Gasteiger partial charge on any atom is -0.363 e. The van der Waals surface area contributed by atoms with Crippen LogP contribution in [0.1, 0.15) is 11.7 Å². The van der Waals surface area contributed by atoms with Gasteiger partial charge in [-0.1, -0.05) is 6.08 Å². The second kappa shape index (κ2) is 2.51. The Morgan fingerprint density at radius 2 is 2.56 bits per heavy atom. The first-order chi connectivity index (χ1) is 4.34. The van der Waals surface area contributed by atoms with E-state index in [1.165, 1.54) is 0 Å². The van der Waals surface area contributed by atoms with Crippen molar-refractivity contribution in [2.24, 2.45) is 5.73 Å². The van der Waals surface area contributed by atoms with E-state index in [-0.39, 0.29) is 6.04 Å². The van der Waals surface area contributed by atoms with Gasteiger partial charge in [0, 0.05) is 11.9 Å². The van der Waals surface area contributed by atoms with E-state index in [1.54, 1.807) is 6.08 Å². The maximum absolute atomic E-state index is 5.59. The van der Waals surface area contributed by atoms with Crippen LogP contribution in [0.4, 0.5) is 0 Å². The van der Waals surface area contributed by atoms with E-state index in [4.69, 9.17) is 5.73 Å². The molecule has 1 rings (SSSR count). The number of aromatic nitrogens is 1. The minimum atomic E-state index is -0.0556. The second-order valence-corrected chi connectivity index (χ2v) is 1.89. The van der Waals surface area contributed by atoms with Crippen LogP contribution < -0.4 is 5.73 Å². The monoisotopic (exact) mass is 122 g/mol. The van der Waals surface area contributed by atoms with Crippen molar-refractivity contribution in [1.29, 1.82) is 0 Å². The van der Waals surface area contributed by atoms with Gasteiger partial charge in [0.15, 0.2) is 0 Å². The molecule has 0 radical (unpaired) electrons. The smallest absolute Gasteiger partial charge is 0.0631 e. The quantitative estimate of drug-likeness (QED) is 0.568. The standard InChI is InChI=1S/C7H10N2/c1-2-6(8)7-4-3-5-9-7/h2-6,9H,1,8H2. The molecule has 48 valence electrons. The lowest BCUT2D eigenvalue weighted by Crippen LogP contribution is -2.05. The Bertz CT molecular complexity index is 177. The van der Waals surface area contributed by atoms with Crippen LogP contribution in [0.15, 0.2) is 31.0 Å². The van der Waals surface area contributed by atoms with Crippen molar-refractivity contribution in [1.82, 2.24) is 4.98 Å². The largest absolute Gasteiger partial charge is 0.363 e. The maximum Gasteiger partial charge on any atom is 0.0631 e. The highest BCUT2D eigenvalue weighted by atomic mass is 14.8. The second-order valence-electron chi connectivity index (χ2n) is 1.89. The van der Waals surface area contributed by atoms with E-state index in [9.17, 15) is 0 Å². The molecule has 1 unspecified atom stereocenters. The molecule has 1 heterocycles. The summed E-state index contributed by atoms with van der Waals surface area (Å²) in [6, 6.07) is 3.80. The fourth-order valence-electron chi connectivity index (χ4n) is 0.679. The van der Waals surface area contributed by atoms with Gasteiger partial charge >= 0.3 is 0 Å². The fourth-order valence-corrected chi connectivity index (χ4v) is 0.679. The summed E-state index contributed by atoms with van der Waals surface area (Å²) >= 11 is 0. The van der Waals surface area contributed by atoms with Crippen LogP contribution in [-0.2, 0) is 0 Å². The van der Waals surface area contributed by atoms with E-state index in [2.05, 4.69) is 11.6 Å². The third-order valence-electron chi connectivity index (χ3n) is 1.24. The molecule has 1 aromatic heterocycles. The summed E-state index contributed by atoms with van der Waals surface area (Å²) in [5, 5.41) is 0.